The van der Waals surface area contributed by atoms with Crippen LogP contribution in [0.1, 0.15) is 42.5 Å². The predicted molar refractivity (Wildman–Crippen MR) is 132 cm³/mol. The monoisotopic (exact) mass is 486 g/mol. The maximum absolute atomic E-state index is 12.9. The van der Waals surface area contributed by atoms with E-state index < -0.39 is 0 Å². The summed E-state index contributed by atoms with van der Waals surface area (Å²) in [5.74, 6) is -0.417. The van der Waals surface area contributed by atoms with Crippen LogP contribution in [0.5, 0.6) is 0 Å². The fourth-order valence-corrected chi connectivity index (χ4v) is 6.53. The second-order valence-corrected chi connectivity index (χ2v) is 11.2. The van der Waals surface area contributed by atoms with E-state index in [0.717, 1.165) is 49.6 Å². The van der Waals surface area contributed by atoms with Crippen LogP contribution in [0.4, 0.5) is 0 Å². The number of amides is 2. The quantitative estimate of drug-likeness (QED) is 0.382. The minimum Gasteiger partial charge on any atom is -0.277 e. The molecule has 35 heavy (non-hydrogen) atoms. The molecule has 1 aliphatic carbocycles. The number of aryl methyl sites for hydroxylation is 2. The molecule has 0 N–H and O–H groups in total. The molecular formula is C26H26N6O2S. The molecule has 0 radical (unpaired) electrons. The zero-order valence-electron chi connectivity index (χ0n) is 20.1. The zero-order valence-corrected chi connectivity index (χ0v) is 21.0. The van der Waals surface area contributed by atoms with Crippen LogP contribution in [0.3, 0.4) is 0 Å². The highest BCUT2D eigenvalue weighted by Gasteiger charge is 2.72. The molecule has 5 heterocycles. The molecule has 1 saturated heterocycles. The van der Waals surface area contributed by atoms with E-state index in [0.29, 0.717) is 13.1 Å². The Hall–Kier alpha value is -3.46. The summed E-state index contributed by atoms with van der Waals surface area (Å²) in [5, 5.41) is 4.29. The first-order chi connectivity index (χ1) is 16.8. The maximum atomic E-state index is 12.9. The maximum Gasteiger partial charge on any atom is 0.234 e. The van der Waals surface area contributed by atoms with Crippen molar-refractivity contribution in [2.75, 3.05) is 0 Å². The molecule has 2 unspecified atom stereocenters. The summed E-state index contributed by atoms with van der Waals surface area (Å²) in [7, 11) is 0. The Morgan fingerprint density at radius 1 is 1.11 bits per heavy atom. The SMILES string of the molecule is CCc1cc(C)c(Cn2cncn2)c(-c2ccnc3cc(CN4C(=O)C5C(C4=O)C5(C)C)sc23)n1. The number of hydrogen-bond donors (Lipinski definition) is 0. The molecular weight excluding hydrogens is 460 g/mol. The lowest BCUT2D eigenvalue weighted by Crippen LogP contribution is -2.35. The summed E-state index contributed by atoms with van der Waals surface area (Å²) in [4.78, 5) is 41.8. The summed E-state index contributed by atoms with van der Waals surface area (Å²) in [6, 6.07) is 6.12. The van der Waals surface area contributed by atoms with E-state index in [9.17, 15) is 9.59 Å². The lowest BCUT2D eigenvalue weighted by molar-refractivity contribution is -0.143. The summed E-state index contributed by atoms with van der Waals surface area (Å²) in [5.41, 5.74) is 5.82. The first kappa shape index (κ1) is 22.0. The van der Waals surface area contributed by atoms with Gasteiger partial charge in [-0.25, -0.2) is 9.67 Å². The Labute approximate surface area is 207 Å². The average Bonchev–Trinajstić information content (AvgIpc) is 3.29. The molecule has 1 aliphatic heterocycles. The molecule has 0 spiro atoms. The van der Waals surface area contributed by atoms with Crippen molar-refractivity contribution in [2.24, 2.45) is 17.3 Å². The topological polar surface area (TPSA) is 93.9 Å². The Morgan fingerprint density at radius 2 is 1.89 bits per heavy atom. The van der Waals surface area contributed by atoms with Gasteiger partial charge in [0.15, 0.2) is 0 Å². The lowest BCUT2D eigenvalue weighted by atomic mass is 10.00. The highest BCUT2D eigenvalue weighted by Crippen LogP contribution is 2.63. The fourth-order valence-electron chi connectivity index (χ4n) is 5.41. The van der Waals surface area contributed by atoms with E-state index in [-0.39, 0.29) is 29.1 Å². The molecule has 2 aliphatic rings. The van der Waals surface area contributed by atoms with Crippen LogP contribution in [0, 0.1) is 24.2 Å². The summed E-state index contributed by atoms with van der Waals surface area (Å²) in [6.07, 6.45) is 5.87. The van der Waals surface area contributed by atoms with Crippen molar-refractivity contribution >= 4 is 33.4 Å². The molecule has 0 bridgehead atoms. The first-order valence-corrected chi connectivity index (χ1v) is 12.7. The van der Waals surface area contributed by atoms with Gasteiger partial charge >= 0.3 is 0 Å². The van der Waals surface area contributed by atoms with Crippen molar-refractivity contribution in [3.8, 4) is 11.3 Å². The largest absolute Gasteiger partial charge is 0.277 e. The highest BCUT2D eigenvalue weighted by molar-refractivity contribution is 7.19. The molecule has 178 valence electrons. The number of hydrogen-bond acceptors (Lipinski definition) is 7. The van der Waals surface area contributed by atoms with Crippen molar-refractivity contribution in [2.45, 2.75) is 47.2 Å². The molecule has 2 atom stereocenters. The Kier molecular flexibility index (Phi) is 4.90. The van der Waals surface area contributed by atoms with Gasteiger partial charge in [0.25, 0.3) is 0 Å². The number of carbonyl (C=O) groups is 2. The Morgan fingerprint density at radius 3 is 2.57 bits per heavy atom. The molecule has 1 saturated carbocycles. The van der Waals surface area contributed by atoms with Gasteiger partial charge in [-0.1, -0.05) is 20.8 Å². The number of nitrogens with zero attached hydrogens (tertiary/aromatic N) is 6. The van der Waals surface area contributed by atoms with Gasteiger partial charge in [0.1, 0.15) is 12.7 Å². The number of rotatable bonds is 6. The van der Waals surface area contributed by atoms with Gasteiger partial charge in [-0.15, -0.1) is 11.3 Å². The van der Waals surface area contributed by atoms with Gasteiger partial charge < -0.3 is 0 Å². The summed E-state index contributed by atoms with van der Waals surface area (Å²) >= 11 is 1.58. The number of thiophene rings is 1. The molecule has 0 aromatic carbocycles. The average molecular weight is 487 g/mol. The minimum absolute atomic E-state index is 0.0429. The smallest absolute Gasteiger partial charge is 0.234 e. The normalized spacial score (nSPS) is 20.6. The van der Waals surface area contributed by atoms with Gasteiger partial charge in [0.05, 0.1) is 40.8 Å². The number of likely N-dealkylation sites (tertiary alicyclic amines) is 1. The van der Waals surface area contributed by atoms with Crippen LogP contribution in [-0.4, -0.2) is 41.4 Å². The predicted octanol–water partition coefficient (Wildman–Crippen LogP) is 4.01. The number of piperidine rings is 1. The number of pyridine rings is 2. The van der Waals surface area contributed by atoms with E-state index in [2.05, 4.69) is 35.0 Å². The summed E-state index contributed by atoms with van der Waals surface area (Å²) < 4.78 is 2.81. The molecule has 8 nitrogen and oxygen atoms in total. The Bertz CT molecular complexity index is 1470. The van der Waals surface area contributed by atoms with Crippen molar-refractivity contribution in [3.05, 3.63) is 58.7 Å². The minimum atomic E-state index is -0.201. The van der Waals surface area contributed by atoms with Crippen molar-refractivity contribution < 1.29 is 9.59 Å². The second kappa shape index (κ2) is 7.78. The third-order valence-electron chi connectivity index (χ3n) is 7.47. The van der Waals surface area contributed by atoms with Crippen molar-refractivity contribution in [1.29, 1.82) is 0 Å². The molecule has 2 amide bonds. The van der Waals surface area contributed by atoms with Crippen LogP contribution >= 0.6 is 11.3 Å². The molecule has 2 fully saturated rings. The standard InChI is InChI=1S/C26H26N6O2S/c1-5-15-8-14(2)18(11-31-13-27-12-29-31)22(30-15)17-6-7-28-19-9-16(35-23(17)19)10-32-24(33)20-21(25(32)34)26(20,3)4/h6-9,12-13,20-21H,5,10-11H2,1-4H3. The third kappa shape index (κ3) is 3.40. The van der Waals surface area contributed by atoms with E-state index in [4.69, 9.17) is 4.98 Å². The number of carbonyl (C=O) groups excluding carboxylic acids is 2. The Balaban J connectivity index is 1.40. The van der Waals surface area contributed by atoms with E-state index in [1.54, 1.807) is 28.5 Å². The van der Waals surface area contributed by atoms with E-state index in [1.165, 1.54) is 11.2 Å². The first-order valence-electron chi connectivity index (χ1n) is 11.8. The van der Waals surface area contributed by atoms with Crippen molar-refractivity contribution in [3.63, 3.8) is 0 Å². The number of aromatic nitrogens is 5. The van der Waals surface area contributed by atoms with Crippen LogP contribution in [0.25, 0.3) is 21.5 Å². The third-order valence-corrected chi connectivity index (χ3v) is 8.62. The molecule has 9 heteroatoms. The van der Waals surface area contributed by atoms with Crippen LogP contribution < -0.4 is 0 Å². The fraction of sp³-hybridized carbons (Fsp3) is 0.385. The van der Waals surface area contributed by atoms with Gasteiger partial charge in [0, 0.05) is 27.9 Å². The molecule has 4 aromatic rings. The van der Waals surface area contributed by atoms with Gasteiger partial charge in [0.2, 0.25) is 11.8 Å². The van der Waals surface area contributed by atoms with Gasteiger partial charge in [-0.3, -0.25) is 24.5 Å². The van der Waals surface area contributed by atoms with E-state index in [1.807, 2.05) is 26.0 Å². The van der Waals surface area contributed by atoms with Gasteiger partial charge in [-0.05, 0) is 42.5 Å². The highest BCUT2D eigenvalue weighted by atomic mass is 32.1. The van der Waals surface area contributed by atoms with Gasteiger partial charge in [-0.2, -0.15) is 5.10 Å². The number of fused-ring (bicyclic) bond motifs is 2. The molecule has 4 aromatic heterocycles. The van der Waals surface area contributed by atoms with Crippen LogP contribution in [-0.2, 0) is 29.1 Å². The number of imide groups is 1. The summed E-state index contributed by atoms with van der Waals surface area (Å²) in [6.45, 7) is 9.07. The van der Waals surface area contributed by atoms with Crippen LogP contribution in [0.2, 0.25) is 0 Å². The van der Waals surface area contributed by atoms with Crippen LogP contribution in [0.15, 0.2) is 37.1 Å². The zero-order chi connectivity index (χ0) is 24.5. The molecule has 6 rings (SSSR count). The lowest BCUT2D eigenvalue weighted by Gasteiger charge is -2.19. The van der Waals surface area contributed by atoms with E-state index >= 15 is 0 Å². The second-order valence-electron chi connectivity index (χ2n) is 10.0. The van der Waals surface area contributed by atoms with Crippen molar-refractivity contribution in [1.82, 2.24) is 29.6 Å².